The van der Waals surface area contributed by atoms with Gasteiger partial charge in [-0.1, -0.05) is 80.4 Å². The monoisotopic (exact) mass is 294 g/mol. The fourth-order valence-corrected chi connectivity index (χ4v) is 2.99. The van der Waals surface area contributed by atoms with Crippen molar-refractivity contribution in [3.63, 3.8) is 0 Å². The highest BCUT2D eigenvalue weighted by Crippen LogP contribution is 2.21. The average Bonchev–Trinajstić information content (AvgIpc) is 2.11. The maximum atomic E-state index is 2.65. The minimum Gasteiger partial charge on any atom is -0.0826 e. The average molecular weight is 294 g/mol. The van der Waals surface area contributed by atoms with Crippen molar-refractivity contribution in [2.24, 2.45) is 0 Å². The number of alkyl halides is 1. The third-order valence-corrected chi connectivity index (χ3v) is 4.28. The highest BCUT2D eigenvalue weighted by atomic mass is 127. The van der Waals surface area contributed by atoms with Crippen molar-refractivity contribution in [2.45, 2.75) is 74.6 Å². The van der Waals surface area contributed by atoms with Gasteiger partial charge in [0.1, 0.15) is 0 Å². The van der Waals surface area contributed by atoms with E-state index in [1.54, 1.807) is 0 Å². The van der Waals surface area contributed by atoms with E-state index in [1.165, 1.54) is 70.6 Å². The molecule has 0 nitrogen and oxygen atoms in total. The normalized spacial score (nSPS) is 24.7. The lowest BCUT2D eigenvalue weighted by Crippen LogP contribution is -1.98. The molecule has 0 atom stereocenters. The van der Waals surface area contributed by atoms with Gasteiger partial charge in [-0.15, -0.1) is 0 Å². The summed E-state index contributed by atoms with van der Waals surface area (Å²) in [5, 5.41) is 0. The third-order valence-electron chi connectivity index (χ3n) is 3.03. The predicted octanol–water partition coefficient (Wildman–Crippen LogP) is 5.09. The highest BCUT2D eigenvalue weighted by Gasteiger charge is 2.04. The molecule has 0 bridgehead atoms. The number of rotatable bonds is 0. The Kier molecular flexibility index (Phi) is 7.33. The summed E-state index contributed by atoms with van der Waals surface area (Å²) in [6, 6.07) is 0. The molecule has 0 heterocycles. The topological polar surface area (TPSA) is 0 Å². The van der Waals surface area contributed by atoms with Crippen molar-refractivity contribution in [3.05, 3.63) is 0 Å². The van der Waals surface area contributed by atoms with Crippen molar-refractivity contribution in [2.75, 3.05) is 0 Å². The molecule has 0 spiro atoms. The number of hydrogen-bond acceptors (Lipinski definition) is 0. The highest BCUT2D eigenvalue weighted by molar-refractivity contribution is 14.1. The van der Waals surface area contributed by atoms with Crippen LogP contribution in [-0.2, 0) is 0 Å². The molecule has 0 saturated heterocycles. The fraction of sp³-hybridized carbons (Fsp3) is 1.00. The minimum absolute atomic E-state index is 0.969. The van der Waals surface area contributed by atoms with Gasteiger partial charge in [-0.2, -0.15) is 0 Å². The number of halogens is 1. The van der Waals surface area contributed by atoms with Crippen LogP contribution in [-0.4, -0.2) is 3.92 Å². The SMILES string of the molecule is IC1CCCCCCCCCCC1. The molecule has 1 heteroatoms. The van der Waals surface area contributed by atoms with Crippen LogP contribution in [0.1, 0.15) is 70.6 Å². The maximum Gasteiger partial charge on any atom is 0.0110 e. The Balaban J connectivity index is 2.11. The van der Waals surface area contributed by atoms with Gasteiger partial charge in [0.25, 0.3) is 0 Å². The van der Waals surface area contributed by atoms with Crippen molar-refractivity contribution in [1.82, 2.24) is 0 Å². The Bertz CT molecular complexity index is 99.7. The Morgan fingerprint density at radius 3 is 1.23 bits per heavy atom. The van der Waals surface area contributed by atoms with Gasteiger partial charge in [-0.25, -0.2) is 0 Å². The summed E-state index contributed by atoms with van der Waals surface area (Å²) in [6.45, 7) is 0. The Hall–Kier alpha value is 0.730. The van der Waals surface area contributed by atoms with Crippen LogP contribution in [0.25, 0.3) is 0 Å². The van der Waals surface area contributed by atoms with Crippen LogP contribution in [0.5, 0.6) is 0 Å². The van der Waals surface area contributed by atoms with Crippen LogP contribution in [0.3, 0.4) is 0 Å². The van der Waals surface area contributed by atoms with Gasteiger partial charge in [0.15, 0.2) is 0 Å². The zero-order valence-electron chi connectivity index (χ0n) is 8.73. The van der Waals surface area contributed by atoms with Crippen molar-refractivity contribution in [1.29, 1.82) is 0 Å². The Labute approximate surface area is 97.0 Å². The lowest BCUT2D eigenvalue weighted by molar-refractivity contribution is 0.515. The summed E-state index contributed by atoms with van der Waals surface area (Å²) >= 11 is 2.65. The molecule has 0 aromatic heterocycles. The summed E-state index contributed by atoms with van der Waals surface area (Å²) in [7, 11) is 0. The van der Waals surface area contributed by atoms with Gasteiger partial charge < -0.3 is 0 Å². The second-order valence-corrected chi connectivity index (χ2v) is 6.12. The number of hydrogen-bond donors (Lipinski definition) is 0. The van der Waals surface area contributed by atoms with Crippen molar-refractivity contribution >= 4 is 22.6 Å². The first-order chi connectivity index (χ1) is 6.39. The smallest absolute Gasteiger partial charge is 0.0110 e. The molecule has 0 unspecified atom stereocenters. The van der Waals surface area contributed by atoms with Crippen LogP contribution in [0.4, 0.5) is 0 Å². The van der Waals surface area contributed by atoms with Crippen LogP contribution >= 0.6 is 22.6 Å². The predicted molar refractivity (Wildman–Crippen MR) is 68.6 cm³/mol. The molecule has 0 aromatic carbocycles. The van der Waals surface area contributed by atoms with Gasteiger partial charge >= 0.3 is 0 Å². The molecular weight excluding hydrogens is 271 g/mol. The summed E-state index contributed by atoms with van der Waals surface area (Å²) in [5.74, 6) is 0. The van der Waals surface area contributed by atoms with Gasteiger partial charge in [0.05, 0.1) is 0 Å². The molecule has 1 aliphatic rings. The zero-order chi connectivity index (χ0) is 9.36. The lowest BCUT2D eigenvalue weighted by atomic mass is 10.0. The van der Waals surface area contributed by atoms with Gasteiger partial charge in [-0.3, -0.25) is 0 Å². The van der Waals surface area contributed by atoms with Crippen molar-refractivity contribution < 1.29 is 0 Å². The maximum absolute atomic E-state index is 2.65. The van der Waals surface area contributed by atoms with E-state index in [0.717, 1.165) is 3.92 Å². The Morgan fingerprint density at radius 2 is 0.846 bits per heavy atom. The summed E-state index contributed by atoms with van der Waals surface area (Å²) in [5.41, 5.74) is 0. The quantitative estimate of drug-likeness (QED) is 0.431. The summed E-state index contributed by atoms with van der Waals surface area (Å²) in [4.78, 5) is 0. The van der Waals surface area contributed by atoms with Crippen LogP contribution in [0.2, 0.25) is 0 Å². The van der Waals surface area contributed by atoms with Crippen LogP contribution < -0.4 is 0 Å². The fourth-order valence-electron chi connectivity index (χ4n) is 2.11. The molecular formula is C12H23I. The zero-order valence-corrected chi connectivity index (χ0v) is 10.9. The van der Waals surface area contributed by atoms with E-state index < -0.39 is 0 Å². The molecule has 1 aliphatic carbocycles. The van der Waals surface area contributed by atoms with E-state index >= 15 is 0 Å². The Morgan fingerprint density at radius 1 is 0.538 bits per heavy atom. The molecule has 0 aromatic rings. The van der Waals surface area contributed by atoms with E-state index in [1.807, 2.05) is 0 Å². The van der Waals surface area contributed by atoms with Crippen molar-refractivity contribution in [3.8, 4) is 0 Å². The third kappa shape index (κ3) is 6.75. The van der Waals surface area contributed by atoms with E-state index in [0.29, 0.717) is 0 Å². The van der Waals surface area contributed by atoms with Gasteiger partial charge in [0, 0.05) is 3.92 Å². The van der Waals surface area contributed by atoms with E-state index in [4.69, 9.17) is 0 Å². The molecule has 1 rings (SSSR count). The standard InChI is InChI=1S/C12H23I/c13-12-10-8-6-4-2-1-3-5-7-9-11-12/h12H,1-11H2. The molecule has 1 saturated carbocycles. The summed E-state index contributed by atoms with van der Waals surface area (Å²) in [6.07, 6.45) is 16.3. The van der Waals surface area contributed by atoms with Gasteiger partial charge in [-0.05, 0) is 12.8 Å². The molecule has 0 amide bonds. The van der Waals surface area contributed by atoms with Crippen LogP contribution in [0.15, 0.2) is 0 Å². The molecule has 13 heavy (non-hydrogen) atoms. The van der Waals surface area contributed by atoms with E-state index in [2.05, 4.69) is 22.6 Å². The molecule has 0 radical (unpaired) electrons. The second kappa shape index (κ2) is 8.07. The van der Waals surface area contributed by atoms with E-state index in [-0.39, 0.29) is 0 Å². The lowest BCUT2D eigenvalue weighted by Gasteiger charge is -2.11. The molecule has 0 N–H and O–H groups in total. The molecule has 0 aliphatic heterocycles. The van der Waals surface area contributed by atoms with E-state index in [9.17, 15) is 0 Å². The van der Waals surface area contributed by atoms with Gasteiger partial charge in [0.2, 0.25) is 0 Å². The largest absolute Gasteiger partial charge is 0.0826 e. The first-order valence-corrected chi connectivity index (χ1v) is 7.28. The second-order valence-electron chi connectivity index (χ2n) is 4.36. The molecule has 1 fully saturated rings. The summed E-state index contributed by atoms with van der Waals surface area (Å²) < 4.78 is 0.969. The first kappa shape index (κ1) is 11.8. The van der Waals surface area contributed by atoms with Crippen LogP contribution in [0, 0.1) is 0 Å². The first-order valence-electron chi connectivity index (χ1n) is 6.03. The minimum atomic E-state index is 0.969. The molecule has 78 valence electrons.